The summed E-state index contributed by atoms with van der Waals surface area (Å²) in [5, 5.41) is 72.0. The normalized spacial score (nSPS) is 12.9. The number of thiophene rings is 1. The maximum Gasteiger partial charge on any atom is 0.192 e. The van der Waals surface area contributed by atoms with Gasteiger partial charge in [0.1, 0.15) is 48.6 Å². The Kier molecular flexibility index (Phi) is 32.4. The van der Waals surface area contributed by atoms with E-state index in [9.17, 15) is 72.5 Å². The molecule has 0 saturated heterocycles. The molecule has 0 radical (unpaired) electrons. The lowest BCUT2D eigenvalue weighted by molar-refractivity contribution is -0.114. The molecule has 12 nitrogen and oxygen atoms in total. The van der Waals surface area contributed by atoms with Crippen LogP contribution in [0, 0.1) is 23.3 Å². The van der Waals surface area contributed by atoms with Crippen molar-refractivity contribution in [2.24, 2.45) is 0 Å². The third kappa shape index (κ3) is 27.9. The zero-order chi connectivity index (χ0) is 68.3. The quantitative estimate of drug-likeness (QED) is 0.00766. The smallest absolute Gasteiger partial charge is 0.192 e. The summed E-state index contributed by atoms with van der Waals surface area (Å²) in [6.45, 7) is 23.6. The number of halogens is 4. The Labute approximate surface area is 542 Å². The lowest BCUT2D eigenvalue weighted by Gasteiger charge is -2.24. The van der Waals surface area contributed by atoms with Crippen LogP contribution in [0.5, 0.6) is 0 Å². The van der Waals surface area contributed by atoms with Gasteiger partial charge in [-0.15, -0.1) is 11.3 Å². The van der Waals surface area contributed by atoms with Crippen LogP contribution in [0.3, 0.4) is 0 Å². The Morgan fingerprint density at radius 1 is 0.407 bits per heavy atom. The van der Waals surface area contributed by atoms with Crippen molar-refractivity contribution in [3.8, 4) is 0 Å². The standard InChI is InChI=1S/C21H24F2O5Si.C21H24F2O2Si.C14H22O3Si.C14H22O2SSi/c22-17-7-3-15(4-8-17)20(27)19(2-1-11-29(12-24,13-25)14-26)21(28)16-5-9-18(23)10-6-16;1-26(2,3)14-4-5-19(20(24)15-6-10-17(22)11-7-15)21(25)16-8-12-18(23)13-9-16;2*1-11(15)12(7-6-10-18(2,3)4)14(16)13-8-5-9-17-13/h3-10,24-27H,1-2,11-14H2;6-13,24H,4-5,14H2,1-3H3;2*5,8-9,16H,6-7,10H2,1-4H3/b2*20-19-;;. The summed E-state index contributed by atoms with van der Waals surface area (Å²) < 4.78 is 57.8. The molecule has 4 aromatic carbocycles. The Morgan fingerprint density at radius 2 is 0.725 bits per heavy atom. The van der Waals surface area contributed by atoms with Gasteiger partial charge in [0.25, 0.3) is 0 Å². The summed E-state index contributed by atoms with van der Waals surface area (Å²) in [6, 6.07) is 31.3. The molecule has 0 atom stereocenters. The highest BCUT2D eigenvalue weighted by Gasteiger charge is 2.32. The molecule has 21 heteroatoms. The van der Waals surface area contributed by atoms with Gasteiger partial charge in [-0.05, 0) is 160 Å². The first-order valence-electron chi connectivity index (χ1n) is 30.4. The minimum atomic E-state index is -2.68. The number of hydrogen-bond acceptors (Lipinski definition) is 13. The topological polar surface area (TPSA) is 223 Å². The summed E-state index contributed by atoms with van der Waals surface area (Å²) in [7, 11) is -6.13. The van der Waals surface area contributed by atoms with Crippen molar-refractivity contribution in [3.05, 3.63) is 211 Å². The molecule has 0 aliphatic rings. The van der Waals surface area contributed by atoms with Crippen LogP contribution in [0.2, 0.25) is 83.1 Å². The molecule has 2 heterocycles. The molecular weight excluding hydrogens is 1250 g/mol. The molecule has 0 aliphatic carbocycles. The Balaban J connectivity index is 0.000000324. The van der Waals surface area contributed by atoms with E-state index in [0.29, 0.717) is 59.8 Å². The third-order valence-electron chi connectivity index (χ3n) is 14.7. The molecule has 0 saturated carbocycles. The lowest BCUT2D eigenvalue weighted by Crippen LogP contribution is -2.48. The summed E-state index contributed by atoms with van der Waals surface area (Å²) in [6.07, 6.45) is 5.47. The van der Waals surface area contributed by atoms with Gasteiger partial charge in [0.15, 0.2) is 34.7 Å². The second-order valence-corrected chi connectivity index (χ2v) is 48.4. The molecule has 6 rings (SSSR count). The second kappa shape index (κ2) is 37.6. The molecule has 0 spiro atoms. The first kappa shape index (κ1) is 78.4. The maximum atomic E-state index is 13.2. The van der Waals surface area contributed by atoms with E-state index in [-0.39, 0.29) is 87.8 Å². The monoisotopic (exact) mass is 1340 g/mol. The molecule has 494 valence electrons. The number of benzene rings is 4. The predicted octanol–water partition coefficient (Wildman–Crippen LogP) is 18.2. The molecule has 6 aromatic rings. The molecule has 0 aliphatic heterocycles. The average Bonchev–Trinajstić information content (AvgIpc) is 3.01. The van der Waals surface area contributed by atoms with Gasteiger partial charge in [-0.3, -0.25) is 19.2 Å². The van der Waals surface area contributed by atoms with Crippen LogP contribution in [0.4, 0.5) is 17.6 Å². The van der Waals surface area contributed by atoms with Crippen LogP contribution < -0.4 is 0 Å². The molecule has 0 bridgehead atoms. The van der Waals surface area contributed by atoms with Gasteiger partial charge < -0.3 is 40.2 Å². The molecule has 0 amide bonds. The maximum absolute atomic E-state index is 13.2. The van der Waals surface area contributed by atoms with Crippen molar-refractivity contribution >= 4 is 89.8 Å². The fourth-order valence-electron chi connectivity index (χ4n) is 9.25. The molecule has 7 N–H and O–H groups in total. The number of ketones is 4. The first-order chi connectivity index (χ1) is 42.6. The Morgan fingerprint density at radius 3 is 1.01 bits per heavy atom. The number of rotatable bonds is 29. The summed E-state index contributed by atoms with van der Waals surface area (Å²) >= 11 is 1.46. The number of furan rings is 1. The zero-order valence-electron chi connectivity index (χ0n) is 54.4. The zero-order valence-corrected chi connectivity index (χ0v) is 59.2. The number of carbonyl (C=O) groups is 4. The lowest BCUT2D eigenvalue weighted by atomic mass is 9.96. The molecule has 0 unspecified atom stereocenters. The highest BCUT2D eigenvalue weighted by Crippen LogP contribution is 2.30. The van der Waals surface area contributed by atoms with Crippen LogP contribution in [0.25, 0.3) is 23.0 Å². The first-order valence-corrected chi connectivity index (χ1v) is 45.2. The van der Waals surface area contributed by atoms with Crippen molar-refractivity contribution in [2.75, 3.05) is 18.7 Å². The summed E-state index contributed by atoms with van der Waals surface area (Å²) in [4.78, 5) is 49.8. The van der Waals surface area contributed by atoms with Crippen molar-refractivity contribution in [1.82, 2.24) is 0 Å². The van der Waals surface area contributed by atoms with Crippen LogP contribution in [0.15, 0.2) is 160 Å². The van der Waals surface area contributed by atoms with Gasteiger partial charge in [0.05, 0.1) is 11.1 Å². The van der Waals surface area contributed by atoms with Crippen LogP contribution in [-0.2, 0) is 9.59 Å². The largest absolute Gasteiger partial charge is 0.507 e. The SMILES string of the molecule is CC(=O)C(CCC[Si](C)(C)C)=C(O)c1ccco1.CC(=O)C(CCC[Si](C)(C)C)=C(O)c1cccs1.C[Si](C)(C)CCC/C(C(=O)c1ccc(F)cc1)=C(/O)c1ccc(F)cc1.O=C(/C(CCC[Si](CO)(CO)CO)=C(\O)c1ccc(F)cc1)c1ccc(F)cc1. The van der Waals surface area contributed by atoms with E-state index in [2.05, 4.69) is 58.9 Å². The minimum Gasteiger partial charge on any atom is -0.507 e. The summed E-state index contributed by atoms with van der Waals surface area (Å²) in [5.74, 6) is -2.69. The van der Waals surface area contributed by atoms with Crippen molar-refractivity contribution < 1.29 is 76.9 Å². The molecule has 91 heavy (non-hydrogen) atoms. The predicted molar refractivity (Wildman–Crippen MR) is 370 cm³/mol. The molecular formula is C70H92F4O12SSi4. The summed E-state index contributed by atoms with van der Waals surface area (Å²) in [5.41, 5.74) is 2.55. The highest BCUT2D eigenvalue weighted by atomic mass is 32.1. The molecule has 0 fully saturated rings. The number of aliphatic hydroxyl groups excluding tert-OH is 7. The van der Waals surface area contributed by atoms with Gasteiger partial charge >= 0.3 is 0 Å². The number of Topliss-reactive ketones (excluding diaryl/α,β-unsaturated/α-hetero) is 4. The van der Waals surface area contributed by atoms with Gasteiger partial charge in [-0.2, -0.15) is 0 Å². The van der Waals surface area contributed by atoms with Gasteiger partial charge in [0, 0.05) is 87.5 Å². The third-order valence-corrected chi connectivity index (χ3v) is 24.6. The van der Waals surface area contributed by atoms with E-state index in [0.717, 1.165) is 60.5 Å². The van der Waals surface area contributed by atoms with E-state index in [4.69, 9.17) is 4.42 Å². The number of carbonyl (C=O) groups excluding carboxylic acids is 4. The number of allylic oxidation sites excluding steroid dienone is 4. The van der Waals surface area contributed by atoms with Crippen LogP contribution in [-0.4, -0.2) is 110 Å². The fourth-order valence-corrected chi connectivity index (χ4v) is 15.4. The average molecular weight is 1350 g/mol. The van der Waals surface area contributed by atoms with Crippen molar-refractivity contribution in [1.29, 1.82) is 0 Å². The van der Waals surface area contributed by atoms with E-state index < -0.39 is 61.3 Å². The Hall–Kier alpha value is -6.83. The number of hydrogen-bond donors (Lipinski definition) is 7. The van der Waals surface area contributed by atoms with E-state index in [1.54, 1.807) is 12.1 Å². The van der Waals surface area contributed by atoms with Crippen LogP contribution in [0.1, 0.15) is 108 Å². The second-order valence-electron chi connectivity index (χ2n) is 26.1. The van der Waals surface area contributed by atoms with E-state index >= 15 is 0 Å². The molecule has 2 aromatic heterocycles. The number of aliphatic hydroxyl groups is 7. The van der Waals surface area contributed by atoms with Gasteiger partial charge in [-0.1, -0.05) is 115 Å². The van der Waals surface area contributed by atoms with E-state index in [1.165, 1.54) is 110 Å². The van der Waals surface area contributed by atoms with Crippen molar-refractivity contribution in [3.63, 3.8) is 0 Å². The van der Waals surface area contributed by atoms with Gasteiger partial charge in [0.2, 0.25) is 0 Å². The fraction of sp³-hybridized carbons (Fsp3) is 0.371. The van der Waals surface area contributed by atoms with Crippen molar-refractivity contribution in [2.45, 2.75) is 148 Å². The van der Waals surface area contributed by atoms with Crippen LogP contribution >= 0.6 is 11.3 Å². The Bertz CT molecular complexity index is 3280. The van der Waals surface area contributed by atoms with Gasteiger partial charge in [-0.25, -0.2) is 17.6 Å². The van der Waals surface area contributed by atoms with E-state index in [1.807, 2.05) is 17.5 Å². The minimum absolute atomic E-state index is 0.0110. The highest BCUT2D eigenvalue weighted by molar-refractivity contribution is 7.11.